The van der Waals surface area contributed by atoms with E-state index in [0.717, 1.165) is 12.0 Å². The van der Waals surface area contributed by atoms with Crippen LogP contribution in [0.15, 0.2) is 30.5 Å². The molecule has 1 rings (SSSR count). The van der Waals surface area contributed by atoms with Gasteiger partial charge in [0.2, 0.25) is 0 Å². The predicted molar refractivity (Wildman–Crippen MR) is 47.2 cm³/mol. The molecule has 1 aromatic rings. The zero-order valence-corrected chi connectivity index (χ0v) is 6.67. The molecule has 2 nitrogen and oxygen atoms in total. The van der Waals surface area contributed by atoms with Crippen molar-refractivity contribution in [3.05, 3.63) is 36.0 Å². The van der Waals surface area contributed by atoms with Gasteiger partial charge in [-0.1, -0.05) is 12.2 Å². The third-order valence-corrected chi connectivity index (χ3v) is 1.35. The van der Waals surface area contributed by atoms with Crippen molar-refractivity contribution >= 4 is 5.82 Å². The lowest BCUT2D eigenvalue weighted by Crippen LogP contribution is -1.92. The Morgan fingerprint density at radius 1 is 1.73 bits per heavy atom. The van der Waals surface area contributed by atoms with E-state index in [1.54, 1.807) is 6.20 Å². The molecule has 0 aliphatic heterocycles. The second kappa shape index (κ2) is 3.19. The first kappa shape index (κ1) is 7.79. The summed E-state index contributed by atoms with van der Waals surface area (Å²) in [4.78, 5) is 3.90. The van der Waals surface area contributed by atoms with Gasteiger partial charge in [-0.25, -0.2) is 4.98 Å². The van der Waals surface area contributed by atoms with Crippen LogP contribution in [-0.2, 0) is 6.42 Å². The van der Waals surface area contributed by atoms with E-state index in [2.05, 4.69) is 11.6 Å². The van der Waals surface area contributed by atoms with Crippen LogP contribution >= 0.6 is 0 Å². The molecule has 2 heteroatoms. The van der Waals surface area contributed by atoms with E-state index in [1.807, 2.05) is 19.1 Å². The number of allylic oxidation sites excluding steroid dienone is 1. The zero-order valence-electron chi connectivity index (χ0n) is 6.67. The summed E-state index contributed by atoms with van der Waals surface area (Å²) in [6.45, 7) is 5.82. The van der Waals surface area contributed by atoms with E-state index < -0.39 is 0 Å². The maximum Gasteiger partial charge on any atom is 0.123 e. The van der Waals surface area contributed by atoms with Crippen LogP contribution in [0.25, 0.3) is 0 Å². The molecule has 0 bridgehead atoms. The number of nitrogens with two attached hydrogens (primary N) is 1. The highest BCUT2D eigenvalue weighted by molar-refractivity contribution is 5.33. The second-order valence-electron chi connectivity index (χ2n) is 2.72. The molecule has 0 fully saturated rings. The van der Waals surface area contributed by atoms with Gasteiger partial charge in [0.15, 0.2) is 0 Å². The first-order valence-corrected chi connectivity index (χ1v) is 3.53. The minimum atomic E-state index is 0.573. The highest BCUT2D eigenvalue weighted by Gasteiger charge is 1.93. The number of nitrogen functional groups attached to an aromatic ring is 1. The minimum absolute atomic E-state index is 0.573. The van der Waals surface area contributed by atoms with Gasteiger partial charge in [0, 0.05) is 6.20 Å². The Bertz CT molecular complexity index is 266. The molecule has 0 atom stereocenters. The molecule has 0 aromatic carbocycles. The molecule has 1 aromatic heterocycles. The third-order valence-electron chi connectivity index (χ3n) is 1.35. The van der Waals surface area contributed by atoms with Crippen LogP contribution in [0, 0.1) is 0 Å². The van der Waals surface area contributed by atoms with E-state index in [0.29, 0.717) is 5.82 Å². The van der Waals surface area contributed by atoms with E-state index >= 15 is 0 Å². The third kappa shape index (κ3) is 2.42. The Morgan fingerprint density at radius 3 is 3.00 bits per heavy atom. The monoisotopic (exact) mass is 148 g/mol. The van der Waals surface area contributed by atoms with Crippen LogP contribution in [0.2, 0.25) is 0 Å². The lowest BCUT2D eigenvalue weighted by Gasteiger charge is -1.99. The lowest BCUT2D eigenvalue weighted by atomic mass is 10.1. The summed E-state index contributed by atoms with van der Waals surface area (Å²) in [5.41, 5.74) is 7.80. The summed E-state index contributed by atoms with van der Waals surface area (Å²) in [5, 5.41) is 0. The lowest BCUT2D eigenvalue weighted by molar-refractivity contribution is 1.14. The smallest absolute Gasteiger partial charge is 0.123 e. The molecule has 0 aliphatic rings. The molecule has 0 radical (unpaired) electrons. The Labute approximate surface area is 66.8 Å². The molecule has 0 saturated carbocycles. The van der Waals surface area contributed by atoms with Crippen molar-refractivity contribution in [3.63, 3.8) is 0 Å². The van der Waals surface area contributed by atoms with Crippen LogP contribution < -0.4 is 5.73 Å². The normalized spacial score (nSPS) is 9.55. The molecule has 2 N–H and O–H groups in total. The van der Waals surface area contributed by atoms with Gasteiger partial charge in [0.1, 0.15) is 5.82 Å². The quantitative estimate of drug-likeness (QED) is 0.649. The highest BCUT2D eigenvalue weighted by Crippen LogP contribution is 2.07. The average molecular weight is 148 g/mol. The number of aromatic nitrogens is 1. The zero-order chi connectivity index (χ0) is 8.27. The van der Waals surface area contributed by atoms with Gasteiger partial charge in [-0.15, -0.1) is 0 Å². The van der Waals surface area contributed by atoms with E-state index in [-0.39, 0.29) is 0 Å². The summed E-state index contributed by atoms with van der Waals surface area (Å²) in [6, 6.07) is 3.82. The fraction of sp³-hybridized carbons (Fsp3) is 0.222. The van der Waals surface area contributed by atoms with Crippen molar-refractivity contribution in [1.82, 2.24) is 4.98 Å². The molecule has 11 heavy (non-hydrogen) atoms. The first-order valence-electron chi connectivity index (χ1n) is 3.53. The van der Waals surface area contributed by atoms with Crippen LogP contribution in [0.3, 0.4) is 0 Å². The molecule has 1 heterocycles. The van der Waals surface area contributed by atoms with Crippen molar-refractivity contribution in [2.75, 3.05) is 5.73 Å². The van der Waals surface area contributed by atoms with Gasteiger partial charge in [-0.05, 0) is 31.0 Å². The largest absolute Gasteiger partial charge is 0.384 e. The second-order valence-corrected chi connectivity index (χ2v) is 2.72. The molecule has 0 unspecified atom stereocenters. The number of hydrogen-bond donors (Lipinski definition) is 1. The van der Waals surface area contributed by atoms with E-state index in [1.165, 1.54) is 5.56 Å². The van der Waals surface area contributed by atoms with Gasteiger partial charge < -0.3 is 5.73 Å². The molecule has 0 amide bonds. The maximum absolute atomic E-state index is 5.49. The highest BCUT2D eigenvalue weighted by atomic mass is 14.8. The van der Waals surface area contributed by atoms with Crippen LogP contribution in [-0.4, -0.2) is 4.98 Å². The summed E-state index contributed by atoms with van der Waals surface area (Å²) in [6.07, 6.45) is 2.60. The van der Waals surface area contributed by atoms with Crippen molar-refractivity contribution in [3.8, 4) is 0 Å². The van der Waals surface area contributed by atoms with Gasteiger partial charge in [-0.3, -0.25) is 0 Å². The Morgan fingerprint density at radius 2 is 2.45 bits per heavy atom. The van der Waals surface area contributed by atoms with Crippen molar-refractivity contribution in [2.45, 2.75) is 13.3 Å². The van der Waals surface area contributed by atoms with E-state index in [4.69, 9.17) is 5.73 Å². The molecule has 0 aliphatic carbocycles. The van der Waals surface area contributed by atoms with Crippen LogP contribution in [0.5, 0.6) is 0 Å². The van der Waals surface area contributed by atoms with Crippen molar-refractivity contribution < 1.29 is 0 Å². The maximum atomic E-state index is 5.49. The number of pyridine rings is 1. The number of anilines is 1. The van der Waals surface area contributed by atoms with Gasteiger partial charge in [0.25, 0.3) is 0 Å². The fourth-order valence-electron chi connectivity index (χ4n) is 0.953. The Hall–Kier alpha value is -1.31. The summed E-state index contributed by atoms with van der Waals surface area (Å²) in [7, 11) is 0. The number of rotatable bonds is 2. The number of nitrogens with zero attached hydrogens (tertiary/aromatic N) is 1. The first-order chi connectivity index (χ1) is 5.18. The predicted octanol–water partition coefficient (Wildman–Crippen LogP) is 1.78. The van der Waals surface area contributed by atoms with Crippen molar-refractivity contribution in [1.29, 1.82) is 0 Å². The molecule has 58 valence electrons. The molecule has 0 spiro atoms. The van der Waals surface area contributed by atoms with E-state index in [9.17, 15) is 0 Å². The topological polar surface area (TPSA) is 38.9 Å². The standard InChI is InChI=1S/C9H12N2/c1-7(2)5-8-3-4-11-9(10)6-8/h3-4,6H,1,5H2,2H3,(H2,10,11). The van der Waals surface area contributed by atoms with Crippen LogP contribution in [0.4, 0.5) is 5.82 Å². The molecule has 0 saturated heterocycles. The Kier molecular flexibility index (Phi) is 2.26. The minimum Gasteiger partial charge on any atom is -0.384 e. The molecular weight excluding hydrogens is 136 g/mol. The van der Waals surface area contributed by atoms with Gasteiger partial charge in [0.05, 0.1) is 0 Å². The van der Waals surface area contributed by atoms with Crippen molar-refractivity contribution in [2.24, 2.45) is 0 Å². The number of hydrogen-bond acceptors (Lipinski definition) is 2. The summed E-state index contributed by atoms with van der Waals surface area (Å²) >= 11 is 0. The Balaban J connectivity index is 2.79. The summed E-state index contributed by atoms with van der Waals surface area (Å²) in [5.74, 6) is 0.573. The van der Waals surface area contributed by atoms with Gasteiger partial charge >= 0.3 is 0 Å². The fourth-order valence-corrected chi connectivity index (χ4v) is 0.953. The average Bonchev–Trinajstić information content (AvgIpc) is 1.85. The SMILES string of the molecule is C=C(C)Cc1ccnc(N)c1. The van der Waals surface area contributed by atoms with Crippen LogP contribution in [0.1, 0.15) is 12.5 Å². The molecular formula is C9H12N2. The van der Waals surface area contributed by atoms with Gasteiger partial charge in [-0.2, -0.15) is 0 Å². The summed E-state index contributed by atoms with van der Waals surface area (Å²) < 4.78 is 0.